The molecule has 5 nitrogen and oxygen atoms in total. The van der Waals surface area contributed by atoms with Crippen LogP contribution in [-0.4, -0.2) is 49.2 Å². The fraction of sp³-hybridized carbons (Fsp3) is 0.750. The normalized spacial score (nSPS) is 22.1. The first-order valence-corrected chi connectivity index (χ1v) is 6.31. The zero-order chi connectivity index (χ0) is 12.3. The van der Waals surface area contributed by atoms with Gasteiger partial charge in [0.05, 0.1) is 5.69 Å². The monoisotopic (exact) mass is 238 g/mol. The Morgan fingerprint density at radius 3 is 3.06 bits per heavy atom. The molecule has 0 saturated carbocycles. The van der Waals surface area contributed by atoms with E-state index in [1.807, 2.05) is 0 Å². The van der Waals surface area contributed by atoms with E-state index >= 15 is 0 Å². The Hall–Kier alpha value is -1.07. The smallest absolute Gasteiger partial charge is 0.297 e. The van der Waals surface area contributed by atoms with Gasteiger partial charge in [-0.3, -0.25) is 0 Å². The Labute approximate surface area is 103 Å². The van der Waals surface area contributed by atoms with Crippen LogP contribution in [0.2, 0.25) is 0 Å². The average Bonchev–Trinajstić information content (AvgIpc) is 2.75. The number of hydrogen-bond acceptors (Lipinski definition) is 5. The molecule has 1 fully saturated rings. The first kappa shape index (κ1) is 12.4. The van der Waals surface area contributed by atoms with E-state index in [9.17, 15) is 0 Å². The molecule has 0 bridgehead atoms. The summed E-state index contributed by atoms with van der Waals surface area (Å²) in [6.45, 7) is 9.14. The molecular weight excluding hydrogens is 216 g/mol. The topological polar surface area (TPSA) is 44.5 Å². The van der Waals surface area contributed by atoms with E-state index in [1.165, 1.54) is 0 Å². The molecule has 0 radical (unpaired) electrons. The maximum atomic E-state index is 5.56. The van der Waals surface area contributed by atoms with Gasteiger partial charge in [-0.1, -0.05) is 6.92 Å². The molecule has 0 aromatic carbocycles. The number of oxazole rings is 1. The van der Waals surface area contributed by atoms with Crippen LogP contribution in [0.15, 0.2) is 10.7 Å². The Bertz CT molecular complexity index is 352. The van der Waals surface area contributed by atoms with Crippen LogP contribution < -0.4 is 10.2 Å². The van der Waals surface area contributed by atoms with E-state index in [0.717, 1.165) is 44.4 Å². The highest BCUT2D eigenvalue weighted by Gasteiger charge is 2.24. The van der Waals surface area contributed by atoms with Gasteiger partial charge in [0.1, 0.15) is 6.26 Å². The van der Waals surface area contributed by atoms with Gasteiger partial charge in [-0.15, -0.1) is 0 Å². The fourth-order valence-electron chi connectivity index (χ4n) is 2.19. The largest absolute Gasteiger partial charge is 0.432 e. The third kappa shape index (κ3) is 2.98. The Balaban J connectivity index is 1.99. The number of rotatable bonds is 4. The third-order valence-corrected chi connectivity index (χ3v) is 3.17. The van der Waals surface area contributed by atoms with Crippen molar-refractivity contribution in [2.45, 2.75) is 26.4 Å². The van der Waals surface area contributed by atoms with Crippen LogP contribution >= 0.6 is 0 Å². The minimum atomic E-state index is 0.458. The van der Waals surface area contributed by atoms with Crippen LogP contribution in [0.5, 0.6) is 0 Å². The molecule has 1 aromatic rings. The molecule has 1 atom stereocenters. The summed E-state index contributed by atoms with van der Waals surface area (Å²) in [7, 11) is 2.15. The van der Waals surface area contributed by atoms with E-state index in [2.05, 4.69) is 41.0 Å². The number of hydrogen-bond donors (Lipinski definition) is 1. The Morgan fingerprint density at radius 1 is 1.53 bits per heavy atom. The summed E-state index contributed by atoms with van der Waals surface area (Å²) in [6, 6.07) is 1.22. The first-order valence-electron chi connectivity index (χ1n) is 6.31. The van der Waals surface area contributed by atoms with Gasteiger partial charge >= 0.3 is 0 Å². The van der Waals surface area contributed by atoms with Gasteiger partial charge in [0.15, 0.2) is 0 Å². The highest BCUT2D eigenvalue weighted by atomic mass is 16.4. The molecule has 1 aliphatic heterocycles. The van der Waals surface area contributed by atoms with Gasteiger partial charge in [-0.05, 0) is 20.5 Å². The van der Waals surface area contributed by atoms with Crippen molar-refractivity contribution < 1.29 is 4.42 Å². The zero-order valence-corrected chi connectivity index (χ0v) is 10.9. The van der Waals surface area contributed by atoms with Crippen LogP contribution in [0.4, 0.5) is 6.01 Å². The highest BCUT2D eigenvalue weighted by Crippen LogP contribution is 2.19. The summed E-state index contributed by atoms with van der Waals surface area (Å²) in [5, 5.41) is 3.25. The lowest BCUT2D eigenvalue weighted by Gasteiger charge is -2.37. The Kier molecular flexibility index (Phi) is 4.02. The number of nitrogens with zero attached hydrogens (tertiary/aromatic N) is 3. The summed E-state index contributed by atoms with van der Waals surface area (Å²) in [4.78, 5) is 9.11. The summed E-state index contributed by atoms with van der Waals surface area (Å²) in [5.74, 6) is 0. The molecule has 1 unspecified atom stereocenters. The van der Waals surface area contributed by atoms with Crippen LogP contribution in [0, 0.1) is 0 Å². The van der Waals surface area contributed by atoms with E-state index in [1.54, 1.807) is 6.26 Å². The predicted octanol–water partition coefficient (Wildman–Crippen LogP) is 0.924. The number of anilines is 1. The predicted molar refractivity (Wildman–Crippen MR) is 68.2 cm³/mol. The van der Waals surface area contributed by atoms with E-state index < -0.39 is 0 Å². The standard InChI is InChI=1S/C12H22N4O/c1-4-13-7-11-9-17-12(14-11)16-6-5-15(3)8-10(16)2/h9-10,13H,4-8H2,1-3H3. The van der Waals surface area contributed by atoms with E-state index in [4.69, 9.17) is 4.42 Å². The molecule has 5 heteroatoms. The maximum Gasteiger partial charge on any atom is 0.297 e. The van der Waals surface area contributed by atoms with Gasteiger partial charge in [0.25, 0.3) is 6.01 Å². The van der Waals surface area contributed by atoms with E-state index in [0.29, 0.717) is 6.04 Å². The number of likely N-dealkylation sites (N-methyl/N-ethyl adjacent to an activating group) is 1. The summed E-state index contributed by atoms with van der Waals surface area (Å²) < 4.78 is 5.56. The summed E-state index contributed by atoms with van der Waals surface area (Å²) in [5.41, 5.74) is 0.980. The lowest BCUT2D eigenvalue weighted by atomic mass is 10.2. The minimum Gasteiger partial charge on any atom is -0.432 e. The first-order chi connectivity index (χ1) is 8.20. The SMILES string of the molecule is CCNCc1coc(N2CCN(C)CC2C)n1. The quantitative estimate of drug-likeness (QED) is 0.845. The fourth-order valence-corrected chi connectivity index (χ4v) is 2.19. The van der Waals surface area contributed by atoms with Crippen molar-refractivity contribution in [1.82, 2.24) is 15.2 Å². The van der Waals surface area contributed by atoms with Crippen molar-refractivity contribution in [3.63, 3.8) is 0 Å². The lowest BCUT2D eigenvalue weighted by molar-refractivity contribution is 0.267. The van der Waals surface area contributed by atoms with Gasteiger partial charge in [-0.25, -0.2) is 0 Å². The van der Waals surface area contributed by atoms with Crippen LogP contribution in [-0.2, 0) is 6.54 Å². The van der Waals surface area contributed by atoms with Crippen molar-refractivity contribution >= 4 is 6.01 Å². The van der Waals surface area contributed by atoms with Crippen molar-refractivity contribution in [2.24, 2.45) is 0 Å². The molecule has 1 aliphatic rings. The summed E-state index contributed by atoms with van der Waals surface area (Å²) in [6.07, 6.45) is 1.75. The second kappa shape index (κ2) is 5.51. The van der Waals surface area contributed by atoms with Gasteiger partial charge in [-0.2, -0.15) is 4.98 Å². The second-order valence-corrected chi connectivity index (χ2v) is 4.71. The third-order valence-electron chi connectivity index (χ3n) is 3.17. The molecule has 1 saturated heterocycles. The molecule has 0 spiro atoms. The van der Waals surface area contributed by atoms with E-state index in [-0.39, 0.29) is 0 Å². The van der Waals surface area contributed by atoms with Gasteiger partial charge in [0, 0.05) is 32.2 Å². The van der Waals surface area contributed by atoms with Crippen molar-refractivity contribution in [3.8, 4) is 0 Å². The zero-order valence-electron chi connectivity index (χ0n) is 10.9. The van der Waals surface area contributed by atoms with Crippen molar-refractivity contribution in [2.75, 3.05) is 38.1 Å². The molecule has 2 rings (SSSR count). The lowest BCUT2D eigenvalue weighted by Crippen LogP contribution is -2.50. The van der Waals surface area contributed by atoms with Crippen LogP contribution in [0.1, 0.15) is 19.5 Å². The maximum absolute atomic E-state index is 5.56. The molecule has 1 aromatic heterocycles. The Morgan fingerprint density at radius 2 is 2.35 bits per heavy atom. The second-order valence-electron chi connectivity index (χ2n) is 4.71. The summed E-state index contributed by atoms with van der Waals surface area (Å²) >= 11 is 0. The molecule has 1 N–H and O–H groups in total. The van der Waals surface area contributed by atoms with Crippen LogP contribution in [0.25, 0.3) is 0 Å². The molecule has 0 aliphatic carbocycles. The van der Waals surface area contributed by atoms with Crippen molar-refractivity contribution in [3.05, 3.63) is 12.0 Å². The number of piperazine rings is 1. The average molecular weight is 238 g/mol. The van der Waals surface area contributed by atoms with Gasteiger partial charge in [0.2, 0.25) is 0 Å². The number of nitrogens with one attached hydrogen (secondary N) is 1. The van der Waals surface area contributed by atoms with Gasteiger partial charge < -0.3 is 19.5 Å². The number of aromatic nitrogens is 1. The highest BCUT2D eigenvalue weighted by molar-refractivity contribution is 5.30. The molecule has 0 amide bonds. The molecule has 96 valence electrons. The van der Waals surface area contributed by atoms with Crippen LogP contribution in [0.3, 0.4) is 0 Å². The minimum absolute atomic E-state index is 0.458. The van der Waals surface area contributed by atoms with Crippen molar-refractivity contribution in [1.29, 1.82) is 0 Å². The molecule has 17 heavy (non-hydrogen) atoms. The molecule has 2 heterocycles. The molecular formula is C12H22N4O.